The van der Waals surface area contributed by atoms with Crippen LogP contribution in [0.4, 0.5) is 4.79 Å². The predicted molar refractivity (Wildman–Crippen MR) is 96.1 cm³/mol. The number of rotatable bonds is 7. The van der Waals surface area contributed by atoms with E-state index in [9.17, 15) is 4.79 Å². The van der Waals surface area contributed by atoms with E-state index in [0.29, 0.717) is 13.2 Å². The van der Waals surface area contributed by atoms with Crippen LogP contribution in [0.1, 0.15) is 60.3 Å². The van der Waals surface area contributed by atoms with E-state index in [0.717, 1.165) is 25.7 Å². The lowest BCUT2D eigenvalue weighted by molar-refractivity contribution is 0.0481. The molecular formula is C15H31N2O4PS. The third kappa shape index (κ3) is 7.94. The first-order valence-electron chi connectivity index (χ1n) is 8.35. The van der Waals surface area contributed by atoms with Crippen LogP contribution in [-0.4, -0.2) is 37.0 Å². The van der Waals surface area contributed by atoms with Crippen LogP contribution in [-0.2, 0) is 25.6 Å². The minimum absolute atomic E-state index is 0.0261. The van der Waals surface area contributed by atoms with E-state index in [2.05, 4.69) is 10.4 Å². The standard InChI is InChI=1S/C15H31N2O4PS/c1-6-19-22(23,20-7-2)17-13-11-9-8-10-12(13)16-14(18)21-15(3,4)5/h12-13H,6-11H2,1-5H3,(H,16,18)(H,17,23)/t12-,13-/m1/s1. The van der Waals surface area contributed by atoms with Crippen LogP contribution in [0.2, 0.25) is 0 Å². The first-order valence-corrected chi connectivity index (χ1v) is 11.0. The van der Waals surface area contributed by atoms with Crippen LogP contribution in [0.5, 0.6) is 0 Å². The maximum absolute atomic E-state index is 12.0. The van der Waals surface area contributed by atoms with E-state index in [-0.39, 0.29) is 12.1 Å². The molecule has 2 N–H and O–H groups in total. The lowest BCUT2D eigenvalue weighted by Crippen LogP contribution is -2.51. The molecule has 136 valence electrons. The third-order valence-corrected chi connectivity index (χ3v) is 6.18. The molecule has 0 spiro atoms. The summed E-state index contributed by atoms with van der Waals surface area (Å²) >= 11 is 5.55. The predicted octanol–water partition coefficient (Wildman–Crippen LogP) is 3.71. The Morgan fingerprint density at radius 3 is 2.13 bits per heavy atom. The molecule has 1 aliphatic rings. The Morgan fingerprint density at radius 1 is 1.13 bits per heavy atom. The first-order chi connectivity index (χ1) is 10.7. The van der Waals surface area contributed by atoms with Crippen molar-refractivity contribution in [2.75, 3.05) is 13.2 Å². The van der Waals surface area contributed by atoms with Crippen molar-refractivity contribution >= 4 is 24.5 Å². The zero-order valence-electron chi connectivity index (χ0n) is 14.9. The Hall–Kier alpha value is -0.200. The van der Waals surface area contributed by atoms with Crippen molar-refractivity contribution in [1.29, 1.82) is 0 Å². The summed E-state index contributed by atoms with van der Waals surface area (Å²) in [6.07, 6.45) is 3.60. The molecule has 0 aliphatic heterocycles. The molecule has 0 bridgehead atoms. The average Bonchev–Trinajstić information content (AvgIpc) is 2.39. The molecule has 1 rings (SSSR count). The molecule has 2 atom stereocenters. The van der Waals surface area contributed by atoms with Gasteiger partial charge in [-0.3, -0.25) is 0 Å². The van der Waals surface area contributed by atoms with Gasteiger partial charge in [-0.15, -0.1) is 0 Å². The van der Waals surface area contributed by atoms with Crippen LogP contribution >= 0.6 is 6.64 Å². The van der Waals surface area contributed by atoms with Gasteiger partial charge in [-0.2, -0.15) is 0 Å². The van der Waals surface area contributed by atoms with Crippen molar-refractivity contribution < 1.29 is 18.6 Å². The van der Waals surface area contributed by atoms with E-state index in [1.54, 1.807) is 0 Å². The van der Waals surface area contributed by atoms with Crippen LogP contribution in [0.3, 0.4) is 0 Å². The number of nitrogens with one attached hydrogen (secondary N) is 2. The molecule has 0 heterocycles. The Morgan fingerprint density at radius 2 is 1.65 bits per heavy atom. The number of carbonyl (C=O) groups is 1. The summed E-state index contributed by atoms with van der Waals surface area (Å²) in [5, 5.41) is 6.33. The zero-order valence-corrected chi connectivity index (χ0v) is 16.6. The minimum Gasteiger partial charge on any atom is -0.444 e. The van der Waals surface area contributed by atoms with Crippen molar-refractivity contribution in [2.45, 2.75) is 78.0 Å². The average molecular weight is 366 g/mol. The molecular weight excluding hydrogens is 335 g/mol. The zero-order chi connectivity index (χ0) is 17.5. The van der Waals surface area contributed by atoms with Crippen LogP contribution in [0.25, 0.3) is 0 Å². The maximum Gasteiger partial charge on any atom is 0.407 e. The maximum atomic E-state index is 12.0. The largest absolute Gasteiger partial charge is 0.444 e. The highest BCUT2D eigenvalue weighted by molar-refractivity contribution is 8.09. The number of amides is 1. The molecule has 8 heteroatoms. The Balaban J connectivity index is 2.70. The topological polar surface area (TPSA) is 68.8 Å². The van der Waals surface area contributed by atoms with Gasteiger partial charge in [0.15, 0.2) is 0 Å². The van der Waals surface area contributed by atoms with Gasteiger partial charge >= 0.3 is 6.09 Å². The molecule has 23 heavy (non-hydrogen) atoms. The Kier molecular flexibility index (Phi) is 8.45. The highest BCUT2D eigenvalue weighted by Gasteiger charge is 2.32. The number of hydrogen-bond donors (Lipinski definition) is 2. The third-order valence-electron chi connectivity index (χ3n) is 3.39. The van der Waals surface area contributed by atoms with Crippen molar-refractivity contribution in [3.05, 3.63) is 0 Å². The lowest BCUT2D eigenvalue weighted by atomic mass is 9.91. The van der Waals surface area contributed by atoms with Crippen molar-refractivity contribution in [3.63, 3.8) is 0 Å². The van der Waals surface area contributed by atoms with Gasteiger partial charge in [0, 0.05) is 12.1 Å². The fourth-order valence-corrected chi connectivity index (χ4v) is 5.23. The fraction of sp³-hybridized carbons (Fsp3) is 0.933. The monoisotopic (exact) mass is 366 g/mol. The summed E-state index contributed by atoms with van der Waals surface area (Å²) in [4.78, 5) is 12.0. The van der Waals surface area contributed by atoms with E-state index >= 15 is 0 Å². The van der Waals surface area contributed by atoms with E-state index in [1.807, 2.05) is 34.6 Å². The molecule has 0 unspecified atom stereocenters. The number of carbonyl (C=O) groups excluding carboxylic acids is 1. The van der Waals surface area contributed by atoms with Crippen LogP contribution in [0, 0.1) is 0 Å². The van der Waals surface area contributed by atoms with Crippen LogP contribution < -0.4 is 10.4 Å². The molecule has 0 saturated heterocycles. The van der Waals surface area contributed by atoms with Gasteiger partial charge in [0.25, 0.3) is 6.64 Å². The van der Waals surface area contributed by atoms with E-state index in [4.69, 9.17) is 25.6 Å². The first kappa shape index (κ1) is 20.8. The van der Waals surface area contributed by atoms with E-state index < -0.39 is 18.3 Å². The van der Waals surface area contributed by atoms with E-state index in [1.165, 1.54) is 0 Å². The quantitative estimate of drug-likeness (QED) is 0.670. The Bertz CT molecular complexity index is 418. The van der Waals surface area contributed by atoms with Gasteiger partial charge in [0.05, 0.1) is 13.2 Å². The van der Waals surface area contributed by atoms with Gasteiger partial charge < -0.3 is 19.1 Å². The molecule has 0 radical (unpaired) electrons. The molecule has 1 amide bonds. The Labute approximate surface area is 145 Å². The molecule has 0 aromatic carbocycles. The summed E-state index contributed by atoms with van der Waals surface area (Å²) < 4.78 is 16.7. The van der Waals surface area contributed by atoms with Gasteiger partial charge in [0.1, 0.15) is 5.60 Å². The van der Waals surface area contributed by atoms with Crippen molar-refractivity contribution in [2.24, 2.45) is 0 Å². The molecule has 0 aromatic rings. The lowest BCUT2D eigenvalue weighted by Gasteiger charge is -2.36. The number of hydrogen-bond acceptors (Lipinski definition) is 5. The molecule has 1 saturated carbocycles. The summed E-state index contributed by atoms with van der Waals surface area (Å²) in [6.45, 7) is 7.85. The second kappa shape index (κ2) is 9.33. The highest BCUT2D eigenvalue weighted by atomic mass is 32.5. The van der Waals surface area contributed by atoms with Crippen LogP contribution in [0.15, 0.2) is 0 Å². The van der Waals surface area contributed by atoms with Crippen molar-refractivity contribution in [3.8, 4) is 0 Å². The SMILES string of the molecule is CCOP(=S)(N[C@@H]1CCCC[C@H]1NC(=O)OC(C)(C)C)OCC. The summed E-state index contributed by atoms with van der Waals surface area (Å²) in [5.41, 5.74) is -0.507. The fourth-order valence-electron chi connectivity index (χ4n) is 2.57. The minimum atomic E-state index is -2.52. The smallest absolute Gasteiger partial charge is 0.407 e. The second-order valence-corrected chi connectivity index (χ2v) is 9.82. The number of ether oxygens (including phenoxy) is 1. The van der Waals surface area contributed by atoms with Gasteiger partial charge in [-0.05, 0) is 59.3 Å². The second-order valence-electron chi connectivity index (χ2n) is 6.61. The normalized spacial score (nSPS) is 22.7. The van der Waals surface area contributed by atoms with Gasteiger partial charge in [0.2, 0.25) is 0 Å². The molecule has 6 nitrogen and oxygen atoms in total. The molecule has 0 aromatic heterocycles. The van der Waals surface area contributed by atoms with Gasteiger partial charge in [-0.1, -0.05) is 12.8 Å². The van der Waals surface area contributed by atoms with Crippen molar-refractivity contribution in [1.82, 2.24) is 10.4 Å². The molecule has 1 aliphatic carbocycles. The number of alkyl carbamates (subject to hydrolysis) is 1. The molecule has 1 fully saturated rings. The summed E-state index contributed by atoms with van der Waals surface area (Å²) in [6, 6.07) is 0.0158. The van der Waals surface area contributed by atoms with Gasteiger partial charge in [-0.25, -0.2) is 9.88 Å². The summed E-state index contributed by atoms with van der Waals surface area (Å²) in [5.74, 6) is 0. The summed E-state index contributed by atoms with van der Waals surface area (Å²) in [7, 11) is 0. The highest BCUT2D eigenvalue weighted by Crippen LogP contribution is 2.45.